The summed E-state index contributed by atoms with van der Waals surface area (Å²) in [5, 5.41) is 10.9. The van der Waals surface area contributed by atoms with E-state index in [1.807, 2.05) is 11.6 Å². The highest BCUT2D eigenvalue weighted by Crippen LogP contribution is 2.35. The van der Waals surface area contributed by atoms with Crippen LogP contribution in [-0.4, -0.2) is 52.3 Å². The molecular weight excluding hydrogens is 363 g/mol. The summed E-state index contributed by atoms with van der Waals surface area (Å²) >= 11 is 6.08. The number of hydrogen-bond acceptors (Lipinski definition) is 7. The third-order valence-electron chi connectivity index (χ3n) is 4.53. The highest BCUT2D eigenvalue weighted by atomic mass is 35.5. The molecule has 2 aromatic rings. The number of rotatable bonds is 1. The lowest BCUT2D eigenvalue weighted by atomic mass is 10.1. The number of halogens is 2. The molecule has 2 bridgehead atoms. The summed E-state index contributed by atoms with van der Waals surface area (Å²) in [4.78, 5) is 8.52. The molecule has 8 nitrogen and oxygen atoms in total. The maximum Gasteiger partial charge on any atom is 0.257 e. The normalized spacial score (nSPS) is 21.0. The van der Waals surface area contributed by atoms with E-state index in [1.54, 1.807) is 0 Å². The standard InChI is InChI=1S/C16H20ClFN6O2/c1-9-13-15(23-24(9)11-2-4-25-5-3-11)26-8-10(18)6-19-14-12(17)7-20-16(21-13)22-14/h7,10-11H,2-6,8H2,1H3,(H2,19,20,21,22). The van der Waals surface area contributed by atoms with Gasteiger partial charge >= 0.3 is 0 Å². The molecule has 26 heavy (non-hydrogen) atoms. The molecule has 2 aromatic heterocycles. The number of nitrogens with one attached hydrogen (secondary N) is 2. The number of hydrogen-bond donors (Lipinski definition) is 2. The van der Waals surface area contributed by atoms with Crippen LogP contribution >= 0.6 is 11.6 Å². The van der Waals surface area contributed by atoms with Gasteiger partial charge in [0.2, 0.25) is 5.95 Å². The Kier molecular flexibility index (Phi) is 4.82. The third-order valence-corrected chi connectivity index (χ3v) is 4.80. The summed E-state index contributed by atoms with van der Waals surface area (Å²) < 4.78 is 27.2. The van der Waals surface area contributed by atoms with E-state index in [1.165, 1.54) is 6.20 Å². The molecule has 2 aliphatic rings. The molecule has 10 heteroatoms. The van der Waals surface area contributed by atoms with E-state index in [2.05, 4.69) is 25.7 Å². The smallest absolute Gasteiger partial charge is 0.257 e. The van der Waals surface area contributed by atoms with Crippen LogP contribution < -0.4 is 15.4 Å². The molecule has 0 aliphatic carbocycles. The lowest BCUT2D eigenvalue weighted by Gasteiger charge is -2.23. The van der Waals surface area contributed by atoms with Gasteiger partial charge in [-0.1, -0.05) is 11.6 Å². The van der Waals surface area contributed by atoms with Gasteiger partial charge < -0.3 is 20.1 Å². The molecule has 0 spiro atoms. The minimum absolute atomic E-state index is 0.0329. The fourth-order valence-corrected chi connectivity index (χ4v) is 3.28. The quantitative estimate of drug-likeness (QED) is 0.784. The van der Waals surface area contributed by atoms with E-state index in [4.69, 9.17) is 21.1 Å². The molecular formula is C16H20ClFN6O2. The first kappa shape index (κ1) is 17.3. The van der Waals surface area contributed by atoms with Crippen molar-refractivity contribution in [3.63, 3.8) is 0 Å². The van der Waals surface area contributed by atoms with Crippen LogP contribution in [0.15, 0.2) is 6.20 Å². The molecule has 0 amide bonds. The van der Waals surface area contributed by atoms with Crippen molar-refractivity contribution in [2.24, 2.45) is 0 Å². The lowest BCUT2D eigenvalue weighted by molar-refractivity contribution is 0.0651. The number of aromatic nitrogens is 4. The van der Waals surface area contributed by atoms with Crippen LogP contribution in [0, 0.1) is 6.92 Å². The van der Waals surface area contributed by atoms with Crippen molar-refractivity contribution in [2.75, 3.05) is 37.0 Å². The second-order valence-electron chi connectivity index (χ2n) is 6.36. The Balaban J connectivity index is 1.72. The van der Waals surface area contributed by atoms with Crippen LogP contribution in [0.3, 0.4) is 0 Å². The molecule has 1 fully saturated rings. The fraction of sp³-hybridized carbons (Fsp3) is 0.562. The van der Waals surface area contributed by atoms with Crippen molar-refractivity contribution >= 4 is 29.1 Å². The zero-order valence-electron chi connectivity index (χ0n) is 14.3. The first-order chi connectivity index (χ1) is 12.6. The second kappa shape index (κ2) is 7.24. The van der Waals surface area contributed by atoms with Crippen LogP contribution in [0.2, 0.25) is 5.02 Å². The molecule has 0 aromatic carbocycles. The average molecular weight is 383 g/mol. The predicted octanol–water partition coefficient (Wildman–Crippen LogP) is 2.87. The number of anilines is 3. The molecule has 2 aliphatic heterocycles. The van der Waals surface area contributed by atoms with Crippen molar-refractivity contribution in [3.8, 4) is 5.88 Å². The Bertz CT molecular complexity index is 795. The fourth-order valence-electron chi connectivity index (χ4n) is 3.12. The Morgan fingerprint density at radius 2 is 2.15 bits per heavy atom. The van der Waals surface area contributed by atoms with Crippen LogP contribution in [-0.2, 0) is 4.74 Å². The van der Waals surface area contributed by atoms with E-state index in [0.29, 0.717) is 41.6 Å². The minimum atomic E-state index is -1.23. The Morgan fingerprint density at radius 3 is 2.96 bits per heavy atom. The Labute approximate surface area is 155 Å². The monoisotopic (exact) mass is 382 g/mol. The molecule has 4 rings (SSSR count). The third kappa shape index (κ3) is 3.41. The highest BCUT2D eigenvalue weighted by Gasteiger charge is 2.25. The maximum absolute atomic E-state index is 14.2. The topological polar surface area (TPSA) is 86.1 Å². The molecule has 2 N–H and O–H groups in total. The van der Waals surface area contributed by atoms with Gasteiger partial charge in [0.15, 0.2) is 12.0 Å². The lowest BCUT2D eigenvalue weighted by Crippen LogP contribution is -2.23. The Hall–Kier alpha value is -2.13. The van der Waals surface area contributed by atoms with Gasteiger partial charge in [-0.3, -0.25) is 4.68 Å². The predicted molar refractivity (Wildman–Crippen MR) is 95.3 cm³/mol. The molecule has 1 atom stereocenters. The van der Waals surface area contributed by atoms with E-state index in [9.17, 15) is 4.39 Å². The van der Waals surface area contributed by atoms with Gasteiger partial charge in [-0.2, -0.15) is 4.98 Å². The van der Waals surface area contributed by atoms with Gasteiger partial charge in [0.1, 0.15) is 17.3 Å². The summed E-state index contributed by atoms with van der Waals surface area (Å²) in [5.74, 6) is 1.07. The summed E-state index contributed by atoms with van der Waals surface area (Å²) in [6, 6.07) is 0.221. The zero-order valence-corrected chi connectivity index (χ0v) is 15.1. The van der Waals surface area contributed by atoms with Crippen molar-refractivity contribution in [2.45, 2.75) is 32.0 Å². The van der Waals surface area contributed by atoms with Gasteiger partial charge in [-0.25, -0.2) is 9.37 Å². The van der Waals surface area contributed by atoms with Crippen LogP contribution in [0.5, 0.6) is 5.88 Å². The average Bonchev–Trinajstić information content (AvgIpc) is 2.95. The first-order valence-corrected chi connectivity index (χ1v) is 8.96. The summed E-state index contributed by atoms with van der Waals surface area (Å²) in [5.41, 5.74) is 1.52. The summed E-state index contributed by atoms with van der Waals surface area (Å²) in [6.45, 7) is 3.26. The summed E-state index contributed by atoms with van der Waals surface area (Å²) in [7, 11) is 0. The number of fused-ring (bicyclic) bond motifs is 3. The molecule has 4 heterocycles. The van der Waals surface area contributed by atoms with Crippen molar-refractivity contribution in [3.05, 3.63) is 16.9 Å². The van der Waals surface area contributed by atoms with Crippen LogP contribution in [0.1, 0.15) is 24.6 Å². The first-order valence-electron chi connectivity index (χ1n) is 8.59. The van der Waals surface area contributed by atoms with Gasteiger partial charge in [0, 0.05) is 13.2 Å². The van der Waals surface area contributed by atoms with Crippen molar-refractivity contribution < 1.29 is 13.9 Å². The molecule has 0 radical (unpaired) electrons. The van der Waals surface area contributed by atoms with Gasteiger partial charge in [-0.05, 0) is 19.8 Å². The van der Waals surface area contributed by atoms with Crippen molar-refractivity contribution in [1.82, 2.24) is 19.7 Å². The van der Waals surface area contributed by atoms with Gasteiger partial charge in [-0.15, -0.1) is 5.10 Å². The molecule has 1 unspecified atom stereocenters. The number of alkyl halides is 1. The largest absolute Gasteiger partial charge is 0.472 e. The number of nitrogens with zero attached hydrogens (tertiary/aromatic N) is 4. The Morgan fingerprint density at radius 1 is 1.35 bits per heavy atom. The minimum Gasteiger partial charge on any atom is -0.472 e. The second-order valence-corrected chi connectivity index (χ2v) is 6.77. The van der Waals surface area contributed by atoms with E-state index >= 15 is 0 Å². The van der Waals surface area contributed by atoms with E-state index in [0.717, 1.165) is 18.5 Å². The van der Waals surface area contributed by atoms with Gasteiger partial charge in [0.05, 0.1) is 24.5 Å². The maximum atomic E-state index is 14.2. The van der Waals surface area contributed by atoms with E-state index in [-0.39, 0.29) is 19.2 Å². The highest BCUT2D eigenvalue weighted by molar-refractivity contribution is 6.32. The van der Waals surface area contributed by atoms with Crippen LogP contribution in [0.25, 0.3) is 0 Å². The zero-order chi connectivity index (χ0) is 18.1. The molecule has 0 saturated carbocycles. The number of ether oxygens (including phenoxy) is 2. The van der Waals surface area contributed by atoms with Crippen LogP contribution in [0.4, 0.5) is 21.8 Å². The van der Waals surface area contributed by atoms with E-state index < -0.39 is 6.17 Å². The van der Waals surface area contributed by atoms with Crippen molar-refractivity contribution in [1.29, 1.82) is 0 Å². The van der Waals surface area contributed by atoms with Gasteiger partial charge in [0.25, 0.3) is 5.88 Å². The molecule has 140 valence electrons. The SMILES string of the molecule is Cc1c2c(nn1C1CCOCC1)OCC(F)CNc1nc(ncc1Cl)N2. The molecule has 1 saturated heterocycles. The summed E-state index contributed by atoms with van der Waals surface area (Å²) in [6.07, 6.45) is 1.99.